The molecule has 0 atom stereocenters. The molecule has 0 aliphatic carbocycles. The molecule has 0 spiro atoms. The second-order valence-corrected chi connectivity index (χ2v) is 2.83. The first-order valence-electron chi connectivity index (χ1n) is 3.94. The largest absolute Gasteiger partial charge is 0.482 e. The Bertz CT molecular complexity index is 403. The minimum Gasteiger partial charge on any atom is -0.482 e. The number of H-pyrrole nitrogens is 1. The van der Waals surface area contributed by atoms with Crippen LogP contribution in [0.25, 0.3) is 10.8 Å². The van der Waals surface area contributed by atoms with E-state index in [1.807, 2.05) is 19.1 Å². The van der Waals surface area contributed by atoms with Gasteiger partial charge in [-0.25, -0.2) is 0 Å². The Labute approximate surface area is 71.2 Å². The molecule has 2 rings (SSSR count). The maximum atomic E-state index is 5.19. The molecule has 62 valence electrons. The number of aromatic nitrogens is 1. The van der Waals surface area contributed by atoms with Gasteiger partial charge in [0.05, 0.1) is 7.11 Å². The smallest absolute Gasteiger partial charge is 0.198 e. The van der Waals surface area contributed by atoms with Gasteiger partial charge in [-0.15, -0.1) is 0 Å². The van der Waals surface area contributed by atoms with E-state index in [9.17, 15) is 0 Å². The fourth-order valence-corrected chi connectivity index (χ4v) is 1.47. The van der Waals surface area contributed by atoms with Crippen LogP contribution in [0.4, 0.5) is 0 Å². The first-order chi connectivity index (χ1) is 5.83. The SMILES string of the molecule is COc1[nH]c(C)c2ccccc12. The number of aryl methyl sites for hydroxylation is 1. The van der Waals surface area contributed by atoms with E-state index in [0.717, 1.165) is 17.0 Å². The fraction of sp³-hybridized carbons (Fsp3) is 0.200. The van der Waals surface area contributed by atoms with Gasteiger partial charge < -0.3 is 9.72 Å². The molecule has 0 fully saturated rings. The van der Waals surface area contributed by atoms with Crippen molar-refractivity contribution in [3.63, 3.8) is 0 Å². The lowest BCUT2D eigenvalue weighted by atomic mass is 10.2. The van der Waals surface area contributed by atoms with E-state index in [4.69, 9.17) is 4.74 Å². The third-order valence-corrected chi connectivity index (χ3v) is 2.08. The van der Waals surface area contributed by atoms with Crippen LogP contribution in [0.1, 0.15) is 5.69 Å². The summed E-state index contributed by atoms with van der Waals surface area (Å²) in [5.74, 6) is 0.850. The lowest BCUT2D eigenvalue weighted by molar-refractivity contribution is 0.404. The van der Waals surface area contributed by atoms with E-state index in [-0.39, 0.29) is 0 Å². The van der Waals surface area contributed by atoms with Crippen molar-refractivity contribution in [2.45, 2.75) is 6.92 Å². The molecule has 1 heterocycles. The average molecular weight is 161 g/mol. The van der Waals surface area contributed by atoms with Crippen molar-refractivity contribution in [1.29, 1.82) is 0 Å². The number of fused-ring (bicyclic) bond motifs is 1. The summed E-state index contributed by atoms with van der Waals surface area (Å²) in [6.45, 7) is 2.05. The first-order valence-corrected chi connectivity index (χ1v) is 3.94. The summed E-state index contributed by atoms with van der Waals surface area (Å²) in [7, 11) is 1.68. The highest BCUT2D eigenvalue weighted by atomic mass is 16.5. The lowest BCUT2D eigenvalue weighted by Crippen LogP contribution is -1.81. The predicted octanol–water partition coefficient (Wildman–Crippen LogP) is 2.48. The summed E-state index contributed by atoms with van der Waals surface area (Å²) in [6.07, 6.45) is 0. The zero-order valence-corrected chi connectivity index (χ0v) is 7.22. The molecule has 2 aromatic rings. The van der Waals surface area contributed by atoms with Gasteiger partial charge in [-0.05, 0) is 13.0 Å². The van der Waals surface area contributed by atoms with Crippen LogP contribution in [-0.4, -0.2) is 12.1 Å². The van der Waals surface area contributed by atoms with Crippen LogP contribution in [0.2, 0.25) is 0 Å². The summed E-state index contributed by atoms with van der Waals surface area (Å²) in [4.78, 5) is 3.18. The number of hydrogen-bond donors (Lipinski definition) is 1. The second-order valence-electron chi connectivity index (χ2n) is 2.83. The third-order valence-electron chi connectivity index (χ3n) is 2.08. The average Bonchev–Trinajstić information content (AvgIpc) is 2.44. The van der Waals surface area contributed by atoms with Gasteiger partial charge in [-0.3, -0.25) is 0 Å². The topological polar surface area (TPSA) is 25.0 Å². The summed E-state index contributed by atoms with van der Waals surface area (Å²) in [5, 5.41) is 2.38. The number of ether oxygens (including phenoxy) is 1. The molecular weight excluding hydrogens is 150 g/mol. The summed E-state index contributed by atoms with van der Waals surface area (Å²) < 4.78 is 5.19. The van der Waals surface area contributed by atoms with E-state index in [1.165, 1.54) is 5.39 Å². The monoisotopic (exact) mass is 161 g/mol. The highest BCUT2D eigenvalue weighted by Gasteiger charge is 2.04. The molecule has 1 N–H and O–H groups in total. The predicted molar refractivity (Wildman–Crippen MR) is 49.6 cm³/mol. The van der Waals surface area contributed by atoms with E-state index in [1.54, 1.807) is 7.11 Å². The molecule has 1 aromatic heterocycles. The van der Waals surface area contributed by atoms with Crippen molar-refractivity contribution in [1.82, 2.24) is 4.98 Å². The molecule has 0 bridgehead atoms. The van der Waals surface area contributed by atoms with Crippen molar-refractivity contribution in [2.24, 2.45) is 0 Å². The summed E-state index contributed by atoms with van der Waals surface area (Å²) in [6, 6.07) is 8.18. The molecule has 0 aliphatic rings. The van der Waals surface area contributed by atoms with Crippen LogP contribution in [0.5, 0.6) is 5.88 Å². The summed E-state index contributed by atoms with van der Waals surface area (Å²) >= 11 is 0. The van der Waals surface area contributed by atoms with Gasteiger partial charge in [0.2, 0.25) is 0 Å². The minimum absolute atomic E-state index is 0.850. The molecule has 0 aliphatic heterocycles. The Hall–Kier alpha value is -1.44. The highest BCUT2D eigenvalue weighted by Crippen LogP contribution is 2.26. The lowest BCUT2D eigenvalue weighted by Gasteiger charge is -1.94. The maximum Gasteiger partial charge on any atom is 0.198 e. The maximum absolute atomic E-state index is 5.19. The number of nitrogens with one attached hydrogen (secondary N) is 1. The standard InChI is InChI=1S/C10H11NO/c1-7-8-5-3-4-6-9(8)10(11-7)12-2/h3-6,11H,1-2H3. The van der Waals surface area contributed by atoms with E-state index in [0.29, 0.717) is 0 Å². The fourth-order valence-electron chi connectivity index (χ4n) is 1.47. The molecule has 0 radical (unpaired) electrons. The highest BCUT2D eigenvalue weighted by molar-refractivity contribution is 5.90. The van der Waals surface area contributed by atoms with E-state index in [2.05, 4.69) is 17.1 Å². The molecule has 0 amide bonds. The van der Waals surface area contributed by atoms with Crippen LogP contribution in [0.3, 0.4) is 0 Å². The Morgan fingerprint density at radius 2 is 1.83 bits per heavy atom. The van der Waals surface area contributed by atoms with Crippen molar-refractivity contribution >= 4 is 10.8 Å². The number of aromatic amines is 1. The zero-order chi connectivity index (χ0) is 8.55. The van der Waals surface area contributed by atoms with Gasteiger partial charge in [0.25, 0.3) is 0 Å². The molecule has 2 nitrogen and oxygen atoms in total. The molecule has 12 heavy (non-hydrogen) atoms. The van der Waals surface area contributed by atoms with Crippen molar-refractivity contribution < 1.29 is 4.74 Å². The second kappa shape index (κ2) is 2.55. The summed E-state index contributed by atoms with van der Waals surface area (Å²) in [5.41, 5.74) is 1.16. The molecule has 0 saturated carbocycles. The van der Waals surface area contributed by atoms with E-state index < -0.39 is 0 Å². The van der Waals surface area contributed by atoms with Gasteiger partial charge >= 0.3 is 0 Å². The molecule has 0 saturated heterocycles. The van der Waals surface area contributed by atoms with Crippen LogP contribution in [0.15, 0.2) is 24.3 Å². The van der Waals surface area contributed by atoms with Gasteiger partial charge in [-0.2, -0.15) is 0 Å². The molecule has 1 aromatic carbocycles. The van der Waals surface area contributed by atoms with Crippen LogP contribution in [0, 0.1) is 6.92 Å². The number of methoxy groups -OCH3 is 1. The van der Waals surface area contributed by atoms with Gasteiger partial charge in [-0.1, -0.05) is 18.2 Å². The number of rotatable bonds is 1. The minimum atomic E-state index is 0.850. The number of hydrogen-bond acceptors (Lipinski definition) is 1. The van der Waals surface area contributed by atoms with Gasteiger partial charge in [0.15, 0.2) is 5.88 Å². The third kappa shape index (κ3) is 0.881. The van der Waals surface area contributed by atoms with Crippen LogP contribution < -0.4 is 4.74 Å². The quantitative estimate of drug-likeness (QED) is 0.682. The number of benzene rings is 1. The Balaban J connectivity index is 2.82. The van der Waals surface area contributed by atoms with Gasteiger partial charge in [0.1, 0.15) is 0 Å². The Morgan fingerprint density at radius 1 is 1.17 bits per heavy atom. The van der Waals surface area contributed by atoms with Crippen LogP contribution >= 0.6 is 0 Å². The normalized spacial score (nSPS) is 10.5. The molecular formula is C10H11NO. The van der Waals surface area contributed by atoms with Crippen LogP contribution in [-0.2, 0) is 0 Å². The zero-order valence-electron chi connectivity index (χ0n) is 7.22. The Kier molecular flexibility index (Phi) is 1.54. The molecule has 2 heteroatoms. The molecule has 0 unspecified atom stereocenters. The van der Waals surface area contributed by atoms with E-state index >= 15 is 0 Å². The Morgan fingerprint density at radius 3 is 2.50 bits per heavy atom. The van der Waals surface area contributed by atoms with Crippen molar-refractivity contribution in [3.05, 3.63) is 30.0 Å². The van der Waals surface area contributed by atoms with Crippen molar-refractivity contribution in [2.75, 3.05) is 7.11 Å². The van der Waals surface area contributed by atoms with Crippen molar-refractivity contribution in [3.8, 4) is 5.88 Å². The first kappa shape index (κ1) is 7.22. The van der Waals surface area contributed by atoms with Gasteiger partial charge in [0, 0.05) is 16.5 Å².